The summed E-state index contributed by atoms with van der Waals surface area (Å²) < 4.78 is 0. The van der Waals surface area contributed by atoms with E-state index in [1.165, 1.54) is 16.7 Å². The van der Waals surface area contributed by atoms with Crippen molar-refractivity contribution < 1.29 is 29.1 Å². The van der Waals surface area contributed by atoms with Crippen LogP contribution in [0, 0.1) is 5.92 Å². The zero-order chi connectivity index (χ0) is 39.5. The Bertz CT molecular complexity index is 2160. The first-order chi connectivity index (χ1) is 27.7. The molecule has 292 valence electrons. The normalized spacial score (nSPS) is 21.1. The number of fused-ring (bicyclic) bond motifs is 1. The largest absolute Gasteiger partial charge is 0.477 e. The maximum Gasteiger partial charge on any atom is 0.352 e. The minimum atomic E-state index is -1.31. The van der Waals surface area contributed by atoms with Gasteiger partial charge < -0.3 is 31.2 Å². The number of nitrogens with one attached hydrogen (secondary N) is 2. The number of thiazole rings is 1. The Hall–Kier alpha value is -5.77. The summed E-state index contributed by atoms with van der Waals surface area (Å²) in [5.74, 6) is -2.05. The van der Waals surface area contributed by atoms with Crippen LogP contribution < -0.4 is 16.4 Å². The molecule has 4 aromatic rings. The molecule has 0 spiro atoms. The lowest BCUT2D eigenvalue weighted by atomic mass is 9.80. The zero-order valence-corrected chi connectivity index (χ0v) is 32.5. The van der Waals surface area contributed by atoms with Crippen LogP contribution >= 0.6 is 23.1 Å². The van der Waals surface area contributed by atoms with E-state index in [1.54, 1.807) is 11.5 Å². The van der Waals surface area contributed by atoms with Gasteiger partial charge in [0.05, 0.1) is 0 Å². The van der Waals surface area contributed by atoms with Crippen LogP contribution in [0.25, 0.3) is 0 Å². The molecule has 0 bridgehead atoms. The Morgan fingerprint density at radius 3 is 2.16 bits per heavy atom. The van der Waals surface area contributed by atoms with Crippen LogP contribution in [-0.2, 0) is 29.6 Å². The number of nitrogens with zero attached hydrogens (tertiary/aromatic N) is 4. The van der Waals surface area contributed by atoms with Gasteiger partial charge >= 0.3 is 5.97 Å². The molecule has 8 rings (SSSR count). The van der Waals surface area contributed by atoms with Crippen molar-refractivity contribution in [3.63, 3.8) is 0 Å². The Morgan fingerprint density at radius 1 is 0.982 bits per heavy atom. The second-order valence-electron chi connectivity index (χ2n) is 14.3. The van der Waals surface area contributed by atoms with Gasteiger partial charge in [-0.15, -0.1) is 23.1 Å². The number of piperidine rings is 1. The fourth-order valence-electron chi connectivity index (χ4n) is 7.92. The first kappa shape index (κ1) is 38.1. The second-order valence-corrected chi connectivity index (χ2v) is 16.3. The third kappa shape index (κ3) is 7.45. The molecule has 15 heteroatoms. The number of aromatic nitrogens is 1. The summed E-state index contributed by atoms with van der Waals surface area (Å²) in [6.07, 6.45) is 4.17. The molecule has 3 saturated heterocycles. The third-order valence-corrected chi connectivity index (χ3v) is 12.8. The topological polar surface area (TPSA) is 180 Å². The van der Waals surface area contributed by atoms with Crippen LogP contribution in [0.4, 0.5) is 5.13 Å². The van der Waals surface area contributed by atoms with Gasteiger partial charge in [0.1, 0.15) is 22.8 Å². The number of β-lactam (4-membered cyclic amide) rings is 1. The lowest BCUT2D eigenvalue weighted by Gasteiger charge is -2.49. The van der Waals surface area contributed by atoms with E-state index in [2.05, 4.69) is 20.8 Å². The quantitative estimate of drug-likeness (QED) is 0.0530. The smallest absolute Gasteiger partial charge is 0.352 e. The number of hydrogen-bond acceptors (Lipinski definition) is 11. The Balaban J connectivity index is 1.07. The number of anilines is 1. The molecule has 3 fully saturated rings. The second kappa shape index (κ2) is 16.4. The molecule has 2 atom stereocenters. The molecular formula is C42H41N7O6S2. The van der Waals surface area contributed by atoms with Gasteiger partial charge in [0, 0.05) is 46.5 Å². The Labute approximate surface area is 337 Å². The molecule has 57 heavy (non-hydrogen) atoms. The van der Waals surface area contributed by atoms with Crippen LogP contribution in [0.1, 0.15) is 41.6 Å². The number of benzene rings is 3. The number of nitrogen functional groups attached to an aromatic ring is 1. The standard InChI is InChI=1S/C42H41N7O6S2/c43-41-45-32(25-57-41)33(47-55-42(29-10-4-1-5-11-29,30-12-6-2-7-13-30)31-14-8-3-9-15-31)36(50)46-34-38(52)49-35(40(53)54)28(24-56-39(34)49)22-27-18-21-48(37(27)51)23-26-16-19-44-20-17-26/h1-15,22,25-26,34,39,44H,16-21,23-24H2,(H2,43,45)(H,46,50)(H,53,54)/t34-,39-/m1/s1. The zero-order valence-electron chi connectivity index (χ0n) is 30.9. The van der Waals surface area contributed by atoms with E-state index in [9.17, 15) is 24.3 Å². The molecule has 0 unspecified atom stereocenters. The summed E-state index contributed by atoms with van der Waals surface area (Å²) in [6, 6.07) is 27.5. The molecule has 0 saturated carbocycles. The summed E-state index contributed by atoms with van der Waals surface area (Å²) in [4.78, 5) is 68.1. The lowest BCUT2D eigenvalue weighted by molar-refractivity contribution is -0.150. The number of likely N-dealkylation sites (tertiary alicyclic amines) is 1. The van der Waals surface area contributed by atoms with Crippen molar-refractivity contribution in [1.82, 2.24) is 25.4 Å². The number of carboxylic acid groups (broad SMARTS) is 1. The van der Waals surface area contributed by atoms with E-state index in [4.69, 9.17) is 10.6 Å². The maximum absolute atomic E-state index is 14.3. The number of allylic oxidation sites excluding steroid dienone is 1. The number of oxime groups is 1. The van der Waals surface area contributed by atoms with Crippen molar-refractivity contribution in [2.45, 2.75) is 36.3 Å². The molecule has 0 radical (unpaired) electrons. The van der Waals surface area contributed by atoms with Gasteiger partial charge in [-0.2, -0.15) is 0 Å². The van der Waals surface area contributed by atoms with Crippen molar-refractivity contribution in [2.24, 2.45) is 11.1 Å². The molecule has 3 amide bonds. The Kier molecular flexibility index (Phi) is 10.9. The van der Waals surface area contributed by atoms with Gasteiger partial charge in [0.2, 0.25) is 11.5 Å². The number of aliphatic carboxylic acids is 1. The van der Waals surface area contributed by atoms with Crippen LogP contribution in [0.2, 0.25) is 0 Å². The first-order valence-corrected chi connectivity index (χ1v) is 20.7. The van der Waals surface area contributed by atoms with E-state index in [-0.39, 0.29) is 33.9 Å². The number of nitrogens with two attached hydrogens (primary N) is 1. The molecule has 4 aliphatic rings. The number of amides is 3. The van der Waals surface area contributed by atoms with E-state index in [0.717, 1.165) is 54.0 Å². The van der Waals surface area contributed by atoms with Gasteiger partial charge in [0.25, 0.3) is 11.8 Å². The van der Waals surface area contributed by atoms with E-state index < -0.39 is 34.8 Å². The van der Waals surface area contributed by atoms with Crippen molar-refractivity contribution >= 4 is 57.6 Å². The molecule has 5 N–H and O–H groups in total. The molecule has 3 aromatic carbocycles. The average molecular weight is 804 g/mol. The molecule has 1 aromatic heterocycles. The maximum atomic E-state index is 14.3. The highest BCUT2D eigenvalue weighted by molar-refractivity contribution is 8.00. The highest BCUT2D eigenvalue weighted by atomic mass is 32.2. The predicted molar refractivity (Wildman–Crippen MR) is 218 cm³/mol. The van der Waals surface area contributed by atoms with Crippen molar-refractivity contribution in [3.05, 3.63) is 142 Å². The molecule has 13 nitrogen and oxygen atoms in total. The molecule has 5 heterocycles. The number of hydrogen-bond donors (Lipinski definition) is 4. The monoisotopic (exact) mass is 803 g/mol. The van der Waals surface area contributed by atoms with Gasteiger partial charge in [-0.05, 0) is 49.9 Å². The van der Waals surface area contributed by atoms with Crippen molar-refractivity contribution in [2.75, 3.05) is 37.7 Å². The van der Waals surface area contributed by atoms with Crippen LogP contribution in [0.3, 0.4) is 0 Å². The van der Waals surface area contributed by atoms with Gasteiger partial charge in [0.15, 0.2) is 10.8 Å². The highest BCUT2D eigenvalue weighted by Crippen LogP contribution is 2.43. The van der Waals surface area contributed by atoms with E-state index >= 15 is 0 Å². The first-order valence-electron chi connectivity index (χ1n) is 18.8. The van der Waals surface area contributed by atoms with E-state index in [1.807, 2.05) is 95.9 Å². The van der Waals surface area contributed by atoms with Crippen molar-refractivity contribution in [3.8, 4) is 0 Å². The SMILES string of the molecule is Nc1nc(C(=NOC(c2ccccc2)(c2ccccc2)c2ccccc2)C(=O)N[C@@H]2C(=O)N3C(C(=O)O)=C(C=C4CCN(CC5CCNCC5)C4=O)CS[C@H]23)cs1. The predicted octanol–water partition coefficient (Wildman–Crippen LogP) is 4.34. The number of carboxylic acids is 1. The number of carbonyl (C=O) groups excluding carboxylic acids is 3. The summed E-state index contributed by atoms with van der Waals surface area (Å²) in [5.41, 5.74) is 7.63. The van der Waals surface area contributed by atoms with Crippen molar-refractivity contribution in [1.29, 1.82) is 0 Å². The van der Waals surface area contributed by atoms with Gasteiger partial charge in [-0.3, -0.25) is 19.3 Å². The average Bonchev–Trinajstić information content (AvgIpc) is 3.83. The fraction of sp³-hybridized carbons (Fsp3) is 0.286. The fourth-order valence-corrected chi connectivity index (χ4v) is 9.77. The van der Waals surface area contributed by atoms with Gasteiger partial charge in [-0.25, -0.2) is 9.78 Å². The minimum absolute atomic E-state index is 0.0921. The lowest BCUT2D eigenvalue weighted by Crippen LogP contribution is -2.71. The summed E-state index contributed by atoms with van der Waals surface area (Å²) >= 11 is 2.44. The number of thioether (sulfide) groups is 1. The summed E-state index contributed by atoms with van der Waals surface area (Å²) in [5, 5.41) is 22.1. The van der Waals surface area contributed by atoms with Crippen LogP contribution in [0.5, 0.6) is 0 Å². The number of rotatable bonds is 12. The minimum Gasteiger partial charge on any atom is -0.477 e. The highest BCUT2D eigenvalue weighted by Gasteiger charge is 2.54. The molecular weight excluding hydrogens is 763 g/mol. The molecule has 0 aliphatic carbocycles. The summed E-state index contributed by atoms with van der Waals surface area (Å²) in [6.45, 7) is 3.14. The Morgan fingerprint density at radius 2 is 1.60 bits per heavy atom. The number of carbonyl (C=O) groups is 4. The molecule has 4 aliphatic heterocycles. The van der Waals surface area contributed by atoms with Gasteiger partial charge in [-0.1, -0.05) is 96.2 Å². The summed E-state index contributed by atoms with van der Waals surface area (Å²) in [7, 11) is 0. The van der Waals surface area contributed by atoms with E-state index in [0.29, 0.717) is 36.6 Å². The van der Waals surface area contributed by atoms with Crippen LogP contribution in [-0.4, -0.2) is 92.6 Å². The third-order valence-electron chi connectivity index (χ3n) is 10.8. The van der Waals surface area contributed by atoms with Crippen LogP contribution in [0.15, 0.2) is 124 Å².